The van der Waals surface area contributed by atoms with Gasteiger partial charge >= 0.3 is 0 Å². The van der Waals surface area contributed by atoms with Crippen molar-refractivity contribution in [2.45, 2.75) is 11.3 Å². The first-order valence-corrected chi connectivity index (χ1v) is 6.82. The molecule has 1 rings (SSSR count). The predicted octanol–water partition coefficient (Wildman–Crippen LogP) is 1.94. The third-order valence-corrected chi connectivity index (χ3v) is 3.53. The lowest BCUT2D eigenvalue weighted by Gasteiger charge is -2.14. The van der Waals surface area contributed by atoms with Crippen LogP contribution in [-0.4, -0.2) is 40.2 Å². The van der Waals surface area contributed by atoms with E-state index in [0.29, 0.717) is 13.2 Å². The van der Waals surface area contributed by atoms with Crippen LogP contribution in [0.15, 0.2) is 17.0 Å². The Labute approximate surface area is 113 Å². The molecule has 0 saturated carbocycles. The van der Waals surface area contributed by atoms with Gasteiger partial charge in [0.2, 0.25) is 0 Å². The molecule has 1 aromatic rings. The first kappa shape index (κ1) is 15.1. The molecule has 0 spiro atoms. The Balaban J connectivity index is 2.94. The largest absolute Gasteiger partial charge is 0.496 e. The highest BCUT2D eigenvalue weighted by atomic mass is 32.2. The summed E-state index contributed by atoms with van der Waals surface area (Å²) < 4.78 is 15.8. The Kier molecular flexibility index (Phi) is 6.93. The average Bonchev–Trinajstić information content (AvgIpc) is 2.40. The van der Waals surface area contributed by atoms with Crippen molar-refractivity contribution in [3.05, 3.63) is 17.7 Å². The molecule has 2 N–H and O–H groups in total. The predicted molar refractivity (Wildman–Crippen MR) is 74.9 cm³/mol. The second-order valence-electron chi connectivity index (χ2n) is 3.69. The van der Waals surface area contributed by atoms with Gasteiger partial charge in [-0.25, -0.2) is 0 Å². The van der Waals surface area contributed by atoms with Crippen LogP contribution in [0, 0.1) is 0 Å². The van der Waals surface area contributed by atoms with Gasteiger partial charge in [-0.3, -0.25) is 0 Å². The molecule has 5 heteroatoms. The summed E-state index contributed by atoms with van der Waals surface area (Å²) in [6.45, 7) is 1.30. The van der Waals surface area contributed by atoms with E-state index >= 15 is 0 Å². The second-order valence-corrected chi connectivity index (χ2v) is 4.83. The zero-order valence-corrected chi connectivity index (χ0v) is 12.0. The van der Waals surface area contributed by atoms with Gasteiger partial charge < -0.3 is 19.9 Å². The molecule has 0 radical (unpaired) electrons. The molecule has 1 aromatic carbocycles. The first-order chi connectivity index (χ1) is 8.76. The third-order valence-electron chi connectivity index (χ3n) is 2.53. The van der Waals surface area contributed by atoms with Gasteiger partial charge in [0.1, 0.15) is 11.5 Å². The number of methoxy groups -OCH3 is 3. The van der Waals surface area contributed by atoms with Gasteiger partial charge in [-0.2, -0.15) is 0 Å². The minimum atomic E-state index is 0.593. The Morgan fingerprint density at radius 1 is 1.11 bits per heavy atom. The molecule has 0 bridgehead atoms. The molecule has 0 fully saturated rings. The minimum absolute atomic E-state index is 0.593. The van der Waals surface area contributed by atoms with Gasteiger partial charge in [0, 0.05) is 12.9 Å². The van der Waals surface area contributed by atoms with E-state index in [-0.39, 0.29) is 0 Å². The Bertz CT molecular complexity index is 371. The molecule has 0 unspecified atom stereocenters. The second kappa shape index (κ2) is 8.24. The highest BCUT2D eigenvalue weighted by Gasteiger charge is 2.11. The fraction of sp³-hybridized carbons (Fsp3) is 0.538. The van der Waals surface area contributed by atoms with E-state index in [0.717, 1.165) is 34.1 Å². The summed E-state index contributed by atoms with van der Waals surface area (Å²) in [4.78, 5) is 1.06. The van der Waals surface area contributed by atoms with Crippen LogP contribution in [0.2, 0.25) is 0 Å². The molecule has 0 aliphatic rings. The van der Waals surface area contributed by atoms with Crippen molar-refractivity contribution in [3.63, 3.8) is 0 Å². The third kappa shape index (κ3) is 4.08. The average molecular weight is 272 g/mol. The fourth-order valence-corrected chi connectivity index (χ4v) is 2.58. The van der Waals surface area contributed by atoms with Crippen LogP contribution in [0.1, 0.15) is 5.56 Å². The number of benzene rings is 1. The number of nitrogens with two attached hydrogens (primary N) is 1. The number of ether oxygens (including phenoxy) is 3. The topological polar surface area (TPSA) is 53.7 Å². The number of thioether (sulfide) groups is 1. The zero-order valence-electron chi connectivity index (χ0n) is 11.2. The summed E-state index contributed by atoms with van der Waals surface area (Å²) in [7, 11) is 5.04. The lowest BCUT2D eigenvalue weighted by atomic mass is 10.2. The van der Waals surface area contributed by atoms with Gasteiger partial charge in [-0.15, -0.1) is 11.8 Å². The van der Waals surface area contributed by atoms with Crippen molar-refractivity contribution >= 4 is 11.8 Å². The maximum absolute atomic E-state index is 5.59. The van der Waals surface area contributed by atoms with E-state index < -0.39 is 0 Å². The van der Waals surface area contributed by atoms with Gasteiger partial charge in [0.15, 0.2) is 0 Å². The quantitative estimate of drug-likeness (QED) is 0.579. The fourth-order valence-electron chi connectivity index (χ4n) is 1.63. The Morgan fingerprint density at radius 3 is 2.39 bits per heavy atom. The van der Waals surface area contributed by atoms with Gasteiger partial charge in [-0.05, 0) is 30.7 Å². The Hall–Kier alpha value is -0.910. The van der Waals surface area contributed by atoms with Crippen LogP contribution in [0.25, 0.3) is 0 Å². The van der Waals surface area contributed by atoms with Crippen molar-refractivity contribution in [3.8, 4) is 11.5 Å². The van der Waals surface area contributed by atoms with Crippen LogP contribution in [0.3, 0.4) is 0 Å². The number of hydrogen-bond acceptors (Lipinski definition) is 5. The first-order valence-electron chi connectivity index (χ1n) is 5.83. The lowest BCUT2D eigenvalue weighted by Crippen LogP contribution is -2.05. The van der Waals surface area contributed by atoms with Gasteiger partial charge in [-0.1, -0.05) is 0 Å². The molecule has 18 heavy (non-hydrogen) atoms. The summed E-state index contributed by atoms with van der Waals surface area (Å²) in [5.41, 5.74) is 6.67. The maximum atomic E-state index is 5.59. The van der Waals surface area contributed by atoms with E-state index in [2.05, 4.69) is 0 Å². The van der Waals surface area contributed by atoms with Crippen LogP contribution in [0.4, 0.5) is 0 Å². The maximum Gasteiger partial charge on any atom is 0.132 e. The molecule has 102 valence electrons. The molecule has 0 aromatic heterocycles. The molecular weight excluding hydrogens is 251 g/mol. The van der Waals surface area contributed by atoms with Crippen molar-refractivity contribution in [2.24, 2.45) is 5.73 Å². The van der Waals surface area contributed by atoms with Crippen molar-refractivity contribution in [2.75, 3.05) is 40.2 Å². The van der Waals surface area contributed by atoms with Crippen LogP contribution >= 0.6 is 11.8 Å². The molecule has 0 aliphatic carbocycles. The molecule has 4 nitrogen and oxygen atoms in total. The van der Waals surface area contributed by atoms with E-state index in [1.807, 2.05) is 12.1 Å². The smallest absolute Gasteiger partial charge is 0.132 e. The molecular formula is C13H21NO3S. The van der Waals surface area contributed by atoms with Gasteiger partial charge in [0.25, 0.3) is 0 Å². The molecule has 0 heterocycles. The van der Waals surface area contributed by atoms with Crippen LogP contribution in [-0.2, 0) is 11.2 Å². The van der Waals surface area contributed by atoms with E-state index in [1.54, 1.807) is 33.1 Å². The highest BCUT2D eigenvalue weighted by molar-refractivity contribution is 7.99. The zero-order chi connectivity index (χ0) is 13.4. The Morgan fingerprint density at radius 2 is 1.83 bits per heavy atom. The number of hydrogen-bond donors (Lipinski definition) is 1. The summed E-state index contributed by atoms with van der Waals surface area (Å²) in [5, 5.41) is 0. The van der Waals surface area contributed by atoms with E-state index in [4.69, 9.17) is 19.9 Å². The van der Waals surface area contributed by atoms with E-state index in [9.17, 15) is 0 Å². The minimum Gasteiger partial charge on any atom is -0.496 e. The van der Waals surface area contributed by atoms with Crippen LogP contribution in [0.5, 0.6) is 11.5 Å². The normalized spacial score (nSPS) is 10.4. The summed E-state index contributed by atoms with van der Waals surface area (Å²) in [5.74, 6) is 2.60. The number of rotatable bonds is 8. The standard InChI is InChI=1S/C13H21NO3S/c1-15-6-7-18-13-9-11(16-2)10(4-5-14)8-12(13)17-3/h8-9H,4-7,14H2,1-3H3/i8+1. The van der Waals surface area contributed by atoms with Crippen molar-refractivity contribution < 1.29 is 14.2 Å². The lowest BCUT2D eigenvalue weighted by molar-refractivity contribution is 0.218. The molecule has 0 amide bonds. The summed E-state index contributed by atoms with van der Waals surface area (Å²) >= 11 is 1.69. The summed E-state index contributed by atoms with van der Waals surface area (Å²) in [6.07, 6.45) is 0.780. The summed E-state index contributed by atoms with van der Waals surface area (Å²) in [6, 6.07) is 4.00. The molecule has 0 atom stereocenters. The molecule has 0 aliphatic heterocycles. The monoisotopic (exact) mass is 272 g/mol. The van der Waals surface area contributed by atoms with Crippen molar-refractivity contribution in [1.82, 2.24) is 0 Å². The van der Waals surface area contributed by atoms with E-state index in [1.165, 1.54) is 0 Å². The van der Waals surface area contributed by atoms with Gasteiger partial charge in [0.05, 0.1) is 25.7 Å². The van der Waals surface area contributed by atoms with Crippen molar-refractivity contribution in [1.29, 1.82) is 0 Å². The molecule has 0 saturated heterocycles. The van der Waals surface area contributed by atoms with Crippen LogP contribution < -0.4 is 15.2 Å². The SMILES string of the molecule is COCCSc1cc(OC)c(CCN)[13cH]c1OC. The highest BCUT2D eigenvalue weighted by Crippen LogP contribution is 2.35.